The number of aryl methyl sites for hydroxylation is 1. The van der Waals surface area contributed by atoms with E-state index < -0.39 is 10.7 Å². The molecule has 2 aromatic heterocycles. The maximum absolute atomic E-state index is 12.5. The number of benzene rings is 1. The SMILES string of the molecule is O=C(NC1CCCc2ccc(-c3cccc([SH](=O)=O)c3)nc21)c1cnccn1. The second kappa shape index (κ2) is 7.85. The Labute approximate surface area is 163 Å². The van der Waals surface area contributed by atoms with Crippen molar-refractivity contribution in [3.8, 4) is 11.3 Å². The minimum atomic E-state index is -2.66. The predicted octanol–water partition coefficient (Wildman–Crippen LogP) is 2.32. The first-order valence-electron chi connectivity index (χ1n) is 8.93. The molecule has 8 heteroatoms. The Morgan fingerprint density at radius 3 is 2.82 bits per heavy atom. The van der Waals surface area contributed by atoms with Crippen LogP contribution in [0.3, 0.4) is 0 Å². The van der Waals surface area contributed by atoms with Crippen LogP contribution in [-0.2, 0) is 17.1 Å². The number of rotatable bonds is 4. The van der Waals surface area contributed by atoms with E-state index in [0.717, 1.165) is 36.1 Å². The molecule has 1 atom stereocenters. The first-order chi connectivity index (χ1) is 13.6. The van der Waals surface area contributed by atoms with Crippen molar-refractivity contribution in [1.29, 1.82) is 0 Å². The summed E-state index contributed by atoms with van der Waals surface area (Å²) >= 11 is 0. The summed E-state index contributed by atoms with van der Waals surface area (Å²) in [5, 5.41) is 3.00. The normalized spacial score (nSPS) is 15.8. The van der Waals surface area contributed by atoms with Gasteiger partial charge >= 0.3 is 0 Å². The van der Waals surface area contributed by atoms with E-state index in [4.69, 9.17) is 4.98 Å². The topological polar surface area (TPSA) is 102 Å². The van der Waals surface area contributed by atoms with Crippen LogP contribution in [-0.4, -0.2) is 29.3 Å². The number of pyridine rings is 1. The van der Waals surface area contributed by atoms with Crippen LogP contribution in [0.5, 0.6) is 0 Å². The summed E-state index contributed by atoms with van der Waals surface area (Å²) < 4.78 is 22.6. The van der Waals surface area contributed by atoms with Crippen LogP contribution in [0.1, 0.15) is 40.6 Å². The Morgan fingerprint density at radius 1 is 1.14 bits per heavy atom. The number of thiol groups is 1. The van der Waals surface area contributed by atoms with Crippen LogP contribution in [0, 0.1) is 0 Å². The lowest BCUT2D eigenvalue weighted by Crippen LogP contribution is -2.32. The summed E-state index contributed by atoms with van der Waals surface area (Å²) in [7, 11) is -2.66. The lowest BCUT2D eigenvalue weighted by atomic mass is 9.91. The maximum atomic E-state index is 12.5. The molecule has 1 unspecified atom stereocenters. The maximum Gasteiger partial charge on any atom is 0.272 e. The number of amides is 1. The van der Waals surface area contributed by atoms with Gasteiger partial charge in [0.15, 0.2) is 10.7 Å². The Kier molecular flexibility index (Phi) is 5.12. The Hall–Kier alpha value is -3.13. The summed E-state index contributed by atoms with van der Waals surface area (Å²) in [5.74, 6) is -0.288. The predicted molar refractivity (Wildman–Crippen MR) is 103 cm³/mol. The molecule has 1 N–H and O–H groups in total. The molecule has 0 fully saturated rings. The van der Waals surface area contributed by atoms with Gasteiger partial charge in [-0.25, -0.2) is 13.4 Å². The third kappa shape index (κ3) is 3.77. The number of nitrogens with one attached hydrogen (secondary N) is 1. The monoisotopic (exact) mass is 394 g/mol. The molecule has 4 rings (SSSR count). The fraction of sp³-hybridized carbons (Fsp3) is 0.200. The number of aromatic nitrogens is 3. The minimum Gasteiger partial charge on any atom is -0.342 e. The van der Waals surface area contributed by atoms with Gasteiger partial charge in [-0.2, -0.15) is 0 Å². The van der Waals surface area contributed by atoms with Gasteiger partial charge in [-0.05, 0) is 43.0 Å². The van der Waals surface area contributed by atoms with Crippen molar-refractivity contribution in [2.45, 2.75) is 30.2 Å². The number of hydrogen-bond acceptors (Lipinski definition) is 6. The molecule has 0 saturated carbocycles. The zero-order chi connectivity index (χ0) is 19.5. The molecule has 0 bridgehead atoms. The van der Waals surface area contributed by atoms with Gasteiger partial charge in [-0.3, -0.25) is 14.8 Å². The van der Waals surface area contributed by atoms with E-state index in [1.54, 1.807) is 18.2 Å². The van der Waals surface area contributed by atoms with E-state index in [1.165, 1.54) is 18.6 Å². The number of hydrogen-bond donors (Lipinski definition) is 2. The average Bonchev–Trinajstić information content (AvgIpc) is 2.74. The van der Waals surface area contributed by atoms with E-state index in [9.17, 15) is 13.2 Å². The van der Waals surface area contributed by atoms with Gasteiger partial charge in [0.25, 0.3) is 5.91 Å². The van der Waals surface area contributed by atoms with Crippen LogP contribution in [0.15, 0.2) is 59.9 Å². The van der Waals surface area contributed by atoms with E-state index in [1.807, 2.05) is 18.2 Å². The number of nitrogens with zero attached hydrogens (tertiary/aromatic N) is 3. The van der Waals surface area contributed by atoms with Gasteiger partial charge < -0.3 is 5.32 Å². The van der Waals surface area contributed by atoms with Crippen LogP contribution in [0.4, 0.5) is 0 Å². The smallest absolute Gasteiger partial charge is 0.272 e. The molecule has 2 heterocycles. The third-order valence-corrected chi connectivity index (χ3v) is 5.43. The Balaban J connectivity index is 1.66. The molecule has 0 radical (unpaired) electrons. The summed E-state index contributed by atoms with van der Waals surface area (Å²) in [6.07, 6.45) is 7.05. The summed E-state index contributed by atoms with van der Waals surface area (Å²) in [6, 6.07) is 10.4. The molecule has 1 aliphatic rings. The van der Waals surface area contributed by atoms with Crippen LogP contribution in [0.25, 0.3) is 11.3 Å². The first-order valence-corrected chi connectivity index (χ1v) is 10.1. The Bertz CT molecular complexity index is 1090. The molecule has 0 saturated heterocycles. The number of carbonyl (C=O) groups is 1. The standard InChI is InChI=1S/C20H18N4O3S/c25-20(18-12-21-9-10-22-18)24-17-6-2-3-13-7-8-16(23-19(13)17)14-4-1-5-15(11-14)28(26)27/h1,4-5,7-12,17,28H,2-3,6H2,(H,24,25). The fourth-order valence-corrected chi connectivity index (χ4v) is 3.83. The van der Waals surface area contributed by atoms with Gasteiger partial charge in [0, 0.05) is 18.0 Å². The molecule has 142 valence electrons. The van der Waals surface area contributed by atoms with Gasteiger partial charge in [-0.1, -0.05) is 18.2 Å². The van der Waals surface area contributed by atoms with Crippen molar-refractivity contribution >= 4 is 16.6 Å². The van der Waals surface area contributed by atoms with Crippen LogP contribution >= 0.6 is 0 Å². The summed E-state index contributed by atoms with van der Waals surface area (Å²) in [6.45, 7) is 0. The molecule has 0 aliphatic heterocycles. The lowest BCUT2D eigenvalue weighted by Gasteiger charge is -2.25. The lowest BCUT2D eigenvalue weighted by molar-refractivity contribution is 0.0926. The minimum absolute atomic E-state index is 0.225. The van der Waals surface area contributed by atoms with Gasteiger partial charge in [-0.15, -0.1) is 0 Å². The van der Waals surface area contributed by atoms with Crippen LogP contribution in [0.2, 0.25) is 0 Å². The Morgan fingerprint density at radius 2 is 2.04 bits per heavy atom. The molecule has 1 aromatic carbocycles. The van der Waals surface area contributed by atoms with Crippen molar-refractivity contribution in [3.63, 3.8) is 0 Å². The van der Waals surface area contributed by atoms with E-state index in [-0.39, 0.29) is 22.5 Å². The van der Waals surface area contributed by atoms with Crippen molar-refractivity contribution in [2.75, 3.05) is 0 Å². The molecular formula is C20H18N4O3S. The molecule has 1 aliphatic carbocycles. The second-order valence-electron chi connectivity index (χ2n) is 6.56. The zero-order valence-corrected chi connectivity index (χ0v) is 15.8. The molecule has 7 nitrogen and oxygen atoms in total. The van der Waals surface area contributed by atoms with Gasteiger partial charge in [0.05, 0.1) is 28.5 Å². The van der Waals surface area contributed by atoms with Gasteiger partial charge in [0.1, 0.15) is 5.69 Å². The fourth-order valence-electron chi connectivity index (χ4n) is 3.38. The highest BCUT2D eigenvalue weighted by Crippen LogP contribution is 2.31. The van der Waals surface area contributed by atoms with Crippen LogP contribution < -0.4 is 5.32 Å². The van der Waals surface area contributed by atoms with Gasteiger partial charge in [0.2, 0.25) is 0 Å². The highest BCUT2D eigenvalue weighted by molar-refractivity contribution is 7.72. The molecule has 1 amide bonds. The van der Waals surface area contributed by atoms with Crippen molar-refractivity contribution in [3.05, 3.63) is 71.9 Å². The molecule has 3 aromatic rings. The van der Waals surface area contributed by atoms with Crippen molar-refractivity contribution in [2.24, 2.45) is 0 Å². The van der Waals surface area contributed by atoms with Crippen molar-refractivity contribution in [1.82, 2.24) is 20.3 Å². The highest BCUT2D eigenvalue weighted by atomic mass is 32.2. The number of carbonyl (C=O) groups excluding carboxylic acids is 1. The largest absolute Gasteiger partial charge is 0.342 e. The molecule has 0 spiro atoms. The number of fused-ring (bicyclic) bond motifs is 1. The van der Waals surface area contributed by atoms with E-state index in [0.29, 0.717) is 5.69 Å². The zero-order valence-electron chi connectivity index (χ0n) is 14.9. The molecule has 28 heavy (non-hydrogen) atoms. The van der Waals surface area contributed by atoms with E-state index in [2.05, 4.69) is 15.3 Å². The highest BCUT2D eigenvalue weighted by Gasteiger charge is 2.24. The van der Waals surface area contributed by atoms with E-state index >= 15 is 0 Å². The first kappa shape index (κ1) is 18.2. The average molecular weight is 394 g/mol. The quantitative estimate of drug-likeness (QED) is 0.659. The third-order valence-electron chi connectivity index (χ3n) is 4.74. The van der Waals surface area contributed by atoms with Crippen molar-refractivity contribution < 1.29 is 13.2 Å². The summed E-state index contributed by atoms with van der Waals surface area (Å²) in [4.78, 5) is 25.5. The second-order valence-corrected chi connectivity index (χ2v) is 7.59. The summed E-state index contributed by atoms with van der Waals surface area (Å²) in [5.41, 5.74) is 3.57. The molecular weight excluding hydrogens is 376 g/mol.